The van der Waals surface area contributed by atoms with Gasteiger partial charge in [-0.15, -0.1) is 23.1 Å². The minimum atomic E-state index is -1.23. The molecule has 2 amide bonds. The summed E-state index contributed by atoms with van der Waals surface area (Å²) in [6, 6.07) is 4.18. The number of fused-ring (bicyclic) bond motifs is 1. The Morgan fingerprint density at radius 1 is 1.47 bits per heavy atom. The Balaban J connectivity index is 1.44. The van der Waals surface area contributed by atoms with Crippen LogP contribution in [0.3, 0.4) is 0 Å². The molecule has 2 aliphatic rings. The largest absolute Gasteiger partial charge is 0.618 e. The smallest absolute Gasteiger partial charge is 0.352 e. The van der Waals surface area contributed by atoms with Crippen LogP contribution in [0.2, 0.25) is 0 Å². The lowest BCUT2D eigenvalue weighted by Crippen LogP contribution is -2.70. The number of carbonyl (C=O) groups excluding carboxylic acids is 2. The Labute approximate surface area is 194 Å². The normalized spacial score (nSPS) is 20.2. The average Bonchev–Trinajstić information content (AvgIpc) is 3.17. The minimum absolute atomic E-state index is 0.0130. The molecular weight excluding hydrogens is 474 g/mol. The van der Waals surface area contributed by atoms with Crippen molar-refractivity contribution in [3.63, 3.8) is 0 Å². The lowest BCUT2D eigenvalue weighted by molar-refractivity contribution is -0.645. The van der Waals surface area contributed by atoms with Gasteiger partial charge in [-0.3, -0.25) is 14.5 Å². The lowest BCUT2D eigenvalue weighted by Gasteiger charge is -2.49. The summed E-state index contributed by atoms with van der Waals surface area (Å²) in [6.45, 7) is 0. The van der Waals surface area contributed by atoms with E-state index in [-0.39, 0.29) is 18.0 Å². The quantitative estimate of drug-likeness (QED) is 0.222. The summed E-state index contributed by atoms with van der Waals surface area (Å²) in [5.41, 5.74) is 6.41. The molecule has 2 atom stereocenters. The van der Waals surface area contributed by atoms with Crippen LogP contribution >= 0.6 is 34.9 Å². The van der Waals surface area contributed by atoms with Gasteiger partial charge in [0.1, 0.15) is 17.1 Å². The topological polar surface area (TPSA) is 153 Å². The van der Waals surface area contributed by atoms with Gasteiger partial charge in [0.25, 0.3) is 10.9 Å². The predicted octanol–water partition coefficient (Wildman–Crippen LogP) is 0.946. The molecule has 2 aliphatic heterocycles. The number of thiazole rings is 1. The average molecular weight is 492 g/mol. The first-order valence-electron chi connectivity index (χ1n) is 9.27. The molecule has 4 rings (SSSR count). The molecule has 4 N–H and O–H groups in total. The van der Waals surface area contributed by atoms with E-state index in [0.29, 0.717) is 31.9 Å². The maximum absolute atomic E-state index is 12.7. The van der Waals surface area contributed by atoms with Gasteiger partial charge in [-0.25, -0.2) is 9.78 Å². The molecule has 13 heteroatoms. The minimum Gasteiger partial charge on any atom is -0.618 e. The number of rotatable bonds is 7. The van der Waals surface area contributed by atoms with E-state index in [1.165, 1.54) is 34.2 Å². The maximum Gasteiger partial charge on any atom is 0.352 e. The van der Waals surface area contributed by atoms with Crippen LogP contribution in [-0.4, -0.2) is 49.9 Å². The number of hydrogen-bond acceptors (Lipinski definition) is 9. The molecule has 1 saturated heterocycles. The van der Waals surface area contributed by atoms with E-state index in [1.807, 2.05) is 0 Å². The Hall–Kier alpha value is -3.03. The van der Waals surface area contributed by atoms with Crippen molar-refractivity contribution in [2.24, 2.45) is 0 Å². The Bertz CT molecular complexity index is 1150. The van der Waals surface area contributed by atoms with E-state index in [4.69, 9.17) is 5.73 Å². The molecule has 2 aromatic heterocycles. The summed E-state index contributed by atoms with van der Waals surface area (Å²) in [5, 5.41) is 27.7. The molecule has 0 spiro atoms. The number of anilines is 1. The first-order chi connectivity index (χ1) is 15.3. The van der Waals surface area contributed by atoms with Crippen molar-refractivity contribution in [3.8, 4) is 0 Å². The Kier molecular flexibility index (Phi) is 6.39. The van der Waals surface area contributed by atoms with Crippen LogP contribution in [0.5, 0.6) is 0 Å². The van der Waals surface area contributed by atoms with Crippen molar-refractivity contribution in [2.45, 2.75) is 22.9 Å². The van der Waals surface area contributed by atoms with Crippen molar-refractivity contribution in [3.05, 3.63) is 63.4 Å². The van der Waals surface area contributed by atoms with Crippen molar-refractivity contribution in [1.29, 1.82) is 0 Å². The second-order valence-corrected chi connectivity index (χ2v) is 9.69. The van der Waals surface area contributed by atoms with Crippen molar-refractivity contribution >= 4 is 57.8 Å². The van der Waals surface area contributed by atoms with E-state index in [1.54, 1.807) is 35.1 Å². The number of amides is 2. The number of carboxylic acids is 1. The number of carbonyl (C=O) groups is 3. The molecule has 0 radical (unpaired) electrons. The highest BCUT2D eigenvalue weighted by atomic mass is 32.2. The van der Waals surface area contributed by atoms with Gasteiger partial charge in [0.2, 0.25) is 5.91 Å². The standard InChI is InChI=1S/C19H17N5O5S3/c20-19-21-11(9-32-19)7-12(25)22-14-16(26)24-15(18(27)28)10(8-31-17(14)24)4-6-30-13-3-1-2-5-23(13)29/h1-6,9,14,17H,7-8H2,(H2,20,21)(H,22,25)(H,27,28). The molecule has 2 aromatic rings. The number of carboxylic acid groups (broad SMARTS) is 1. The number of aliphatic carboxylic acids is 1. The van der Waals surface area contributed by atoms with Crippen LogP contribution in [0.4, 0.5) is 5.13 Å². The fraction of sp³-hybridized carbons (Fsp3) is 0.211. The molecule has 166 valence electrons. The van der Waals surface area contributed by atoms with Gasteiger partial charge in [-0.05, 0) is 34.9 Å². The summed E-state index contributed by atoms with van der Waals surface area (Å²) < 4.78 is 0.708. The summed E-state index contributed by atoms with van der Waals surface area (Å²) in [4.78, 5) is 42.1. The van der Waals surface area contributed by atoms with E-state index < -0.39 is 23.3 Å². The van der Waals surface area contributed by atoms with Gasteiger partial charge >= 0.3 is 5.97 Å². The number of nitrogens with zero attached hydrogens (tertiary/aromatic N) is 3. The maximum atomic E-state index is 12.7. The highest BCUT2D eigenvalue weighted by molar-refractivity contribution is 8.02. The summed E-state index contributed by atoms with van der Waals surface area (Å²) in [5.74, 6) is -1.75. The van der Waals surface area contributed by atoms with Crippen molar-refractivity contribution < 1.29 is 24.2 Å². The molecule has 32 heavy (non-hydrogen) atoms. The second-order valence-electron chi connectivity index (χ2n) is 6.77. The first-order valence-corrected chi connectivity index (χ1v) is 12.1. The number of β-lactam (4-membered cyclic amide) rings is 1. The zero-order valence-electron chi connectivity index (χ0n) is 16.3. The lowest BCUT2D eigenvalue weighted by atomic mass is 10.0. The van der Waals surface area contributed by atoms with Gasteiger partial charge in [0, 0.05) is 23.3 Å². The molecule has 0 bridgehead atoms. The number of nitrogen functional groups attached to an aromatic ring is 1. The number of pyridine rings is 1. The zero-order valence-corrected chi connectivity index (χ0v) is 18.8. The van der Waals surface area contributed by atoms with E-state index >= 15 is 0 Å². The van der Waals surface area contributed by atoms with Gasteiger partial charge < -0.3 is 21.4 Å². The molecule has 4 heterocycles. The van der Waals surface area contributed by atoms with Gasteiger partial charge in [-0.1, -0.05) is 0 Å². The van der Waals surface area contributed by atoms with E-state index in [9.17, 15) is 24.7 Å². The van der Waals surface area contributed by atoms with Crippen LogP contribution in [0.15, 0.2) is 57.6 Å². The van der Waals surface area contributed by atoms with Gasteiger partial charge in [0.15, 0.2) is 11.3 Å². The van der Waals surface area contributed by atoms with Crippen LogP contribution in [0.25, 0.3) is 0 Å². The van der Waals surface area contributed by atoms with Gasteiger partial charge in [0.05, 0.1) is 12.1 Å². The Morgan fingerprint density at radius 2 is 2.28 bits per heavy atom. The number of aromatic nitrogens is 2. The number of hydrogen-bond donors (Lipinski definition) is 3. The molecule has 0 aliphatic carbocycles. The fourth-order valence-electron chi connectivity index (χ4n) is 3.25. The number of thioether (sulfide) groups is 2. The fourth-order valence-corrected chi connectivity index (χ4v) is 5.83. The molecular formula is C19H17N5O5S3. The van der Waals surface area contributed by atoms with Gasteiger partial charge in [-0.2, -0.15) is 4.73 Å². The highest BCUT2D eigenvalue weighted by Crippen LogP contribution is 2.41. The molecule has 0 aromatic carbocycles. The summed E-state index contributed by atoms with van der Waals surface area (Å²) in [6.07, 6.45) is 2.95. The molecule has 10 nitrogen and oxygen atoms in total. The molecule has 2 unspecified atom stereocenters. The van der Waals surface area contributed by atoms with Crippen molar-refractivity contribution in [2.75, 3.05) is 11.5 Å². The van der Waals surface area contributed by atoms with Crippen LogP contribution in [0, 0.1) is 5.21 Å². The first kappa shape index (κ1) is 22.2. The molecule has 0 saturated carbocycles. The Morgan fingerprint density at radius 3 is 2.97 bits per heavy atom. The third-order valence-corrected chi connectivity index (χ3v) is 7.53. The third-order valence-electron chi connectivity index (χ3n) is 4.67. The third kappa shape index (κ3) is 4.45. The molecule has 1 fully saturated rings. The van der Waals surface area contributed by atoms with Crippen LogP contribution in [-0.2, 0) is 20.8 Å². The second kappa shape index (κ2) is 9.22. The summed E-state index contributed by atoms with van der Waals surface area (Å²) in [7, 11) is 0. The SMILES string of the molecule is Nc1nc(CC(=O)NC2C(=O)N3C(C(=O)O)=C(C=CSc4cccc[n+]4[O-])CSC23)cs1. The van der Waals surface area contributed by atoms with E-state index in [2.05, 4.69) is 10.3 Å². The number of nitrogens with two attached hydrogens (primary N) is 1. The van der Waals surface area contributed by atoms with Crippen LogP contribution < -0.4 is 15.8 Å². The van der Waals surface area contributed by atoms with Crippen LogP contribution in [0.1, 0.15) is 5.69 Å². The number of allylic oxidation sites excluding steroid dienone is 1. The van der Waals surface area contributed by atoms with Crippen molar-refractivity contribution in [1.82, 2.24) is 15.2 Å². The number of nitrogens with one attached hydrogen (secondary N) is 1. The van der Waals surface area contributed by atoms with E-state index in [0.717, 1.165) is 11.8 Å². The summed E-state index contributed by atoms with van der Waals surface area (Å²) >= 11 is 3.73. The predicted molar refractivity (Wildman–Crippen MR) is 120 cm³/mol. The zero-order chi connectivity index (χ0) is 22.8. The monoisotopic (exact) mass is 491 g/mol. The highest BCUT2D eigenvalue weighted by Gasteiger charge is 2.53.